The monoisotopic (exact) mass is 477 g/mol. The summed E-state index contributed by atoms with van der Waals surface area (Å²) < 4.78 is 0. The first-order valence-electron chi connectivity index (χ1n) is 11.9. The van der Waals surface area contributed by atoms with E-state index in [2.05, 4.69) is 38.2 Å². The smallest absolute Gasteiger partial charge is 0.327 e. The predicted molar refractivity (Wildman–Crippen MR) is 133 cm³/mol. The molecule has 3 N–H and O–H groups in total. The van der Waals surface area contributed by atoms with Crippen molar-refractivity contribution in [2.24, 2.45) is 7.05 Å². The third-order valence-corrected chi connectivity index (χ3v) is 6.19. The number of rotatable bonds is 9. The second-order valence-corrected chi connectivity index (χ2v) is 8.77. The van der Waals surface area contributed by atoms with Crippen LogP contribution in [0.3, 0.4) is 0 Å². The molecule has 0 aliphatic heterocycles. The van der Waals surface area contributed by atoms with Gasteiger partial charge in [-0.25, -0.2) is 4.79 Å². The summed E-state index contributed by atoms with van der Waals surface area (Å²) in [4.78, 5) is 27.1. The Hall–Kier alpha value is -3.79. The summed E-state index contributed by atoms with van der Waals surface area (Å²) in [7, 11) is 1.69. The molecule has 0 unspecified atom stereocenters. The van der Waals surface area contributed by atoms with Crippen LogP contribution in [-0.2, 0) is 11.8 Å². The van der Waals surface area contributed by atoms with Gasteiger partial charge in [0.2, 0.25) is 5.82 Å². The van der Waals surface area contributed by atoms with E-state index in [4.69, 9.17) is 5.11 Å². The molecule has 4 rings (SSSR count). The van der Waals surface area contributed by atoms with E-state index in [0.29, 0.717) is 17.4 Å². The second-order valence-electron chi connectivity index (χ2n) is 8.77. The number of carboxylic acids is 1. The number of amides is 2. The Morgan fingerprint density at radius 2 is 1.89 bits per heavy atom. The van der Waals surface area contributed by atoms with Crippen LogP contribution in [0.25, 0.3) is 11.4 Å². The number of aryl methyl sites for hydroxylation is 1. The lowest BCUT2D eigenvalue weighted by molar-refractivity contribution is -0.136. The third-order valence-electron chi connectivity index (χ3n) is 6.19. The van der Waals surface area contributed by atoms with Crippen molar-refractivity contribution in [2.45, 2.75) is 44.4 Å². The Bertz CT molecular complexity index is 1140. The highest BCUT2D eigenvalue weighted by Crippen LogP contribution is 2.33. The summed E-state index contributed by atoms with van der Waals surface area (Å²) in [6.45, 7) is 0.431. The van der Waals surface area contributed by atoms with Crippen molar-refractivity contribution in [3.8, 4) is 11.4 Å². The summed E-state index contributed by atoms with van der Waals surface area (Å²) in [5, 5.41) is 27.0. The molecule has 3 aromatic rings. The lowest BCUT2D eigenvalue weighted by Gasteiger charge is -2.26. The molecule has 1 aromatic heterocycles. The summed E-state index contributed by atoms with van der Waals surface area (Å²) in [5.74, 6) is 0.153. The van der Waals surface area contributed by atoms with Gasteiger partial charge in [-0.05, 0) is 53.8 Å². The number of nitrogens with one attached hydrogen (secondary N) is 2. The van der Waals surface area contributed by atoms with E-state index in [-0.39, 0.29) is 25.7 Å². The summed E-state index contributed by atoms with van der Waals surface area (Å²) >= 11 is 0. The summed E-state index contributed by atoms with van der Waals surface area (Å²) in [6.07, 6.45) is 6.21. The molecule has 1 heterocycles. The number of anilines is 2. The van der Waals surface area contributed by atoms with Gasteiger partial charge in [-0.1, -0.05) is 43.5 Å². The van der Waals surface area contributed by atoms with Gasteiger partial charge in [-0.3, -0.25) is 15.0 Å². The Kier molecular flexibility index (Phi) is 8.04. The van der Waals surface area contributed by atoms with Crippen molar-refractivity contribution in [2.75, 3.05) is 23.4 Å². The zero-order valence-corrected chi connectivity index (χ0v) is 19.9. The molecule has 1 saturated carbocycles. The first-order valence-corrected chi connectivity index (χ1v) is 11.9. The van der Waals surface area contributed by atoms with Gasteiger partial charge in [0, 0.05) is 23.5 Å². The fourth-order valence-electron chi connectivity index (χ4n) is 4.36. The van der Waals surface area contributed by atoms with Gasteiger partial charge in [-0.15, -0.1) is 10.2 Å². The largest absolute Gasteiger partial charge is 0.481 e. The number of aliphatic carboxylic acids is 1. The molecular formula is C25H31N7O3. The van der Waals surface area contributed by atoms with E-state index in [9.17, 15) is 9.59 Å². The minimum Gasteiger partial charge on any atom is -0.481 e. The van der Waals surface area contributed by atoms with Crippen LogP contribution in [0.5, 0.6) is 0 Å². The Morgan fingerprint density at radius 1 is 1.11 bits per heavy atom. The molecule has 0 bridgehead atoms. The highest BCUT2D eigenvalue weighted by molar-refractivity contribution is 6.02. The van der Waals surface area contributed by atoms with Crippen molar-refractivity contribution < 1.29 is 14.7 Å². The van der Waals surface area contributed by atoms with Gasteiger partial charge >= 0.3 is 12.0 Å². The number of hydrogen-bond donors (Lipinski definition) is 3. The molecule has 0 atom stereocenters. The zero-order chi connectivity index (χ0) is 24.6. The van der Waals surface area contributed by atoms with E-state index in [0.717, 1.165) is 11.3 Å². The van der Waals surface area contributed by atoms with E-state index in [1.54, 1.807) is 24.1 Å². The maximum Gasteiger partial charge on any atom is 0.327 e. The highest BCUT2D eigenvalue weighted by Gasteiger charge is 2.19. The number of carbonyl (C=O) groups is 2. The lowest BCUT2D eigenvalue weighted by Crippen LogP contribution is -2.42. The quantitative estimate of drug-likeness (QED) is 0.314. The van der Waals surface area contributed by atoms with Crippen LogP contribution in [0.15, 0.2) is 48.5 Å². The molecular weight excluding hydrogens is 446 g/mol. The number of carbonyl (C=O) groups excluding carboxylic acids is 1. The average molecular weight is 478 g/mol. The molecule has 0 radical (unpaired) electrons. The lowest BCUT2D eigenvalue weighted by atomic mass is 9.84. The van der Waals surface area contributed by atoms with Gasteiger partial charge in [-0.2, -0.15) is 4.80 Å². The van der Waals surface area contributed by atoms with E-state index < -0.39 is 5.97 Å². The topological polar surface area (TPSA) is 125 Å². The molecule has 1 aliphatic rings. The van der Waals surface area contributed by atoms with Crippen LogP contribution in [0.4, 0.5) is 16.2 Å². The third kappa shape index (κ3) is 6.63. The normalized spacial score (nSPS) is 14.0. The molecule has 2 amide bonds. The minimum atomic E-state index is -0.889. The van der Waals surface area contributed by atoms with Gasteiger partial charge in [0.25, 0.3) is 0 Å². The average Bonchev–Trinajstić information content (AvgIpc) is 3.31. The fraction of sp³-hybridized carbons (Fsp3) is 0.400. The minimum absolute atomic E-state index is 0.0246. The molecule has 1 aliphatic carbocycles. The van der Waals surface area contributed by atoms with Crippen LogP contribution in [-0.4, -0.2) is 50.5 Å². The molecule has 10 heteroatoms. The molecule has 2 aromatic carbocycles. The first-order chi connectivity index (χ1) is 17.0. The van der Waals surface area contributed by atoms with Crippen molar-refractivity contribution in [3.05, 3.63) is 54.1 Å². The Labute approximate surface area is 204 Å². The number of hydrogen-bond acceptors (Lipinski definition) is 6. The van der Waals surface area contributed by atoms with Gasteiger partial charge in [0.05, 0.1) is 20.1 Å². The molecule has 0 saturated heterocycles. The maximum absolute atomic E-state index is 13.3. The molecule has 0 spiro atoms. The number of carboxylic acid groups (broad SMARTS) is 1. The molecule has 10 nitrogen and oxygen atoms in total. The predicted octanol–water partition coefficient (Wildman–Crippen LogP) is 3.99. The second kappa shape index (κ2) is 11.6. The van der Waals surface area contributed by atoms with Crippen LogP contribution < -0.4 is 15.5 Å². The van der Waals surface area contributed by atoms with Crippen molar-refractivity contribution in [1.82, 2.24) is 25.5 Å². The standard InChI is InChI=1S/C25H31N7O3/c1-31-29-24(28-30-31)20-8-5-9-21(16-20)27-25(35)32(17-26-15-14-23(33)34)22-12-10-19(11-13-22)18-6-3-2-4-7-18/h5,8-13,16,18,26H,2-4,6-7,14-15,17H2,1H3,(H,27,35)(H,33,34). The van der Waals surface area contributed by atoms with E-state index >= 15 is 0 Å². The van der Waals surface area contributed by atoms with Gasteiger partial charge in [0.15, 0.2) is 0 Å². The van der Waals surface area contributed by atoms with Gasteiger partial charge in [0.1, 0.15) is 0 Å². The van der Waals surface area contributed by atoms with Crippen molar-refractivity contribution in [3.63, 3.8) is 0 Å². The van der Waals surface area contributed by atoms with Gasteiger partial charge < -0.3 is 10.4 Å². The molecule has 35 heavy (non-hydrogen) atoms. The molecule has 1 fully saturated rings. The van der Waals surface area contributed by atoms with Crippen LogP contribution in [0, 0.1) is 0 Å². The summed E-state index contributed by atoms with van der Waals surface area (Å²) in [5.41, 5.74) is 3.36. The zero-order valence-electron chi connectivity index (χ0n) is 19.9. The number of tetrazole rings is 1. The summed E-state index contributed by atoms with van der Waals surface area (Å²) in [6, 6.07) is 15.0. The first kappa shape index (κ1) is 24.3. The highest BCUT2D eigenvalue weighted by atomic mass is 16.4. The maximum atomic E-state index is 13.3. The van der Waals surface area contributed by atoms with Crippen LogP contribution in [0.1, 0.15) is 50.0 Å². The number of nitrogens with zero attached hydrogens (tertiary/aromatic N) is 5. The van der Waals surface area contributed by atoms with Crippen LogP contribution >= 0.6 is 0 Å². The van der Waals surface area contributed by atoms with E-state index in [1.165, 1.54) is 42.5 Å². The molecule has 184 valence electrons. The number of urea groups is 1. The fourth-order valence-corrected chi connectivity index (χ4v) is 4.36. The SMILES string of the molecule is Cn1nnc(-c2cccc(NC(=O)N(CNCCC(=O)O)c3ccc(C4CCCCC4)cc3)c2)n1. The Morgan fingerprint density at radius 3 is 2.57 bits per heavy atom. The van der Waals surface area contributed by atoms with Crippen LogP contribution in [0.2, 0.25) is 0 Å². The van der Waals surface area contributed by atoms with Crippen molar-refractivity contribution >= 4 is 23.4 Å². The number of benzene rings is 2. The van der Waals surface area contributed by atoms with Crippen molar-refractivity contribution in [1.29, 1.82) is 0 Å². The van der Waals surface area contributed by atoms with E-state index in [1.807, 2.05) is 24.3 Å². The number of aromatic nitrogens is 4. The Balaban J connectivity index is 1.49.